The molecule has 0 aromatic heterocycles. The molecule has 0 aliphatic rings. The second kappa shape index (κ2) is 11.5. The number of para-hydroxylation sites is 1. The number of benzene rings is 6. The van der Waals surface area contributed by atoms with E-state index < -0.39 is 0 Å². The molecule has 0 radical (unpaired) electrons. The van der Waals surface area contributed by atoms with Gasteiger partial charge >= 0.3 is 0 Å². The summed E-state index contributed by atoms with van der Waals surface area (Å²) in [4.78, 5) is 2.39. The van der Waals surface area contributed by atoms with Crippen molar-refractivity contribution in [3.8, 4) is 33.4 Å². The highest BCUT2D eigenvalue weighted by Gasteiger charge is 2.18. The number of anilines is 3. The van der Waals surface area contributed by atoms with Crippen LogP contribution in [0.3, 0.4) is 0 Å². The SMILES string of the molecule is CCc1c(-c2ccccc2)cccc1N(c1ccccc1)c1ccc(-c2cccc(-c3ccc(C)cc3)c2)cc1. The maximum atomic E-state index is 2.39. The molecule has 1 heteroatoms. The molecule has 0 aliphatic heterocycles. The van der Waals surface area contributed by atoms with Gasteiger partial charge in [-0.15, -0.1) is 0 Å². The molecule has 6 rings (SSSR count). The zero-order chi connectivity index (χ0) is 27.3. The van der Waals surface area contributed by atoms with Crippen molar-refractivity contribution in [2.75, 3.05) is 4.90 Å². The van der Waals surface area contributed by atoms with Gasteiger partial charge < -0.3 is 4.90 Å². The molecule has 0 spiro atoms. The summed E-state index contributed by atoms with van der Waals surface area (Å²) in [5.41, 5.74) is 13.6. The van der Waals surface area contributed by atoms with E-state index in [1.54, 1.807) is 0 Å². The minimum atomic E-state index is 0.938. The minimum absolute atomic E-state index is 0.938. The van der Waals surface area contributed by atoms with Gasteiger partial charge in [0.05, 0.1) is 0 Å². The molecule has 0 fully saturated rings. The molecule has 0 saturated heterocycles. The van der Waals surface area contributed by atoms with Gasteiger partial charge in [0.25, 0.3) is 0 Å². The first kappa shape index (κ1) is 25.4. The third-order valence-corrected chi connectivity index (χ3v) is 7.55. The second-order valence-corrected chi connectivity index (χ2v) is 10.2. The van der Waals surface area contributed by atoms with E-state index in [1.807, 2.05) is 0 Å². The number of rotatable bonds is 7. The van der Waals surface area contributed by atoms with Gasteiger partial charge in [0.1, 0.15) is 0 Å². The van der Waals surface area contributed by atoms with E-state index in [9.17, 15) is 0 Å². The zero-order valence-corrected chi connectivity index (χ0v) is 23.1. The molecule has 194 valence electrons. The average molecular weight is 516 g/mol. The molecule has 0 N–H and O–H groups in total. The molecule has 40 heavy (non-hydrogen) atoms. The van der Waals surface area contributed by atoms with Crippen LogP contribution in [-0.4, -0.2) is 0 Å². The Kier molecular flexibility index (Phi) is 7.28. The lowest BCUT2D eigenvalue weighted by atomic mass is 9.95. The van der Waals surface area contributed by atoms with Crippen molar-refractivity contribution in [2.45, 2.75) is 20.3 Å². The van der Waals surface area contributed by atoms with Crippen LogP contribution in [0.15, 0.2) is 152 Å². The Morgan fingerprint density at radius 2 is 0.975 bits per heavy atom. The van der Waals surface area contributed by atoms with Crippen molar-refractivity contribution < 1.29 is 0 Å². The van der Waals surface area contributed by atoms with Crippen molar-refractivity contribution >= 4 is 17.1 Å². The monoisotopic (exact) mass is 515 g/mol. The summed E-state index contributed by atoms with van der Waals surface area (Å²) in [6.07, 6.45) is 0.938. The van der Waals surface area contributed by atoms with Crippen LogP contribution in [0.25, 0.3) is 33.4 Å². The van der Waals surface area contributed by atoms with Gasteiger partial charge in [0.2, 0.25) is 0 Å². The van der Waals surface area contributed by atoms with E-state index in [-0.39, 0.29) is 0 Å². The van der Waals surface area contributed by atoms with Crippen LogP contribution in [0.5, 0.6) is 0 Å². The van der Waals surface area contributed by atoms with Crippen LogP contribution < -0.4 is 4.90 Å². The van der Waals surface area contributed by atoms with E-state index in [4.69, 9.17) is 0 Å². The molecular formula is C39H33N. The quantitative estimate of drug-likeness (QED) is 0.204. The third-order valence-electron chi connectivity index (χ3n) is 7.55. The first-order valence-electron chi connectivity index (χ1n) is 14.0. The molecule has 6 aromatic rings. The van der Waals surface area contributed by atoms with Gasteiger partial charge in [-0.3, -0.25) is 0 Å². The van der Waals surface area contributed by atoms with Gasteiger partial charge in [-0.2, -0.15) is 0 Å². The van der Waals surface area contributed by atoms with E-state index >= 15 is 0 Å². The molecule has 0 bridgehead atoms. The van der Waals surface area contributed by atoms with Crippen molar-refractivity contribution in [1.29, 1.82) is 0 Å². The van der Waals surface area contributed by atoms with E-state index in [0.29, 0.717) is 0 Å². The Morgan fingerprint density at radius 1 is 0.450 bits per heavy atom. The molecule has 0 atom stereocenters. The fourth-order valence-corrected chi connectivity index (χ4v) is 5.48. The molecule has 0 aliphatic carbocycles. The minimum Gasteiger partial charge on any atom is -0.310 e. The highest BCUT2D eigenvalue weighted by atomic mass is 15.1. The maximum absolute atomic E-state index is 2.39. The molecule has 1 nitrogen and oxygen atoms in total. The molecular weight excluding hydrogens is 482 g/mol. The van der Waals surface area contributed by atoms with Crippen molar-refractivity contribution in [3.05, 3.63) is 163 Å². The highest BCUT2D eigenvalue weighted by Crippen LogP contribution is 2.41. The van der Waals surface area contributed by atoms with Gasteiger partial charge in [0, 0.05) is 17.1 Å². The summed E-state index contributed by atoms with van der Waals surface area (Å²) in [6, 6.07) is 54.6. The predicted octanol–water partition coefficient (Wildman–Crippen LogP) is 11.0. The van der Waals surface area contributed by atoms with Crippen LogP contribution >= 0.6 is 0 Å². The Labute approximate surface area is 238 Å². The van der Waals surface area contributed by atoms with Crippen molar-refractivity contribution in [2.24, 2.45) is 0 Å². The summed E-state index contributed by atoms with van der Waals surface area (Å²) in [7, 11) is 0. The van der Waals surface area contributed by atoms with Crippen LogP contribution in [0.2, 0.25) is 0 Å². The fraction of sp³-hybridized carbons (Fsp3) is 0.0769. The lowest BCUT2D eigenvalue weighted by Gasteiger charge is -2.29. The Morgan fingerprint density at radius 3 is 1.60 bits per heavy atom. The van der Waals surface area contributed by atoms with Gasteiger partial charge in [-0.1, -0.05) is 128 Å². The molecule has 0 amide bonds. The Balaban J connectivity index is 1.41. The first-order chi connectivity index (χ1) is 19.7. The van der Waals surface area contributed by atoms with Crippen LogP contribution in [0.1, 0.15) is 18.1 Å². The smallest absolute Gasteiger partial charge is 0.0499 e. The van der Waals surface area contributed by atoms with Gasteiger partial charge in [0.15, 0.2) is 0 Å². The molecule has 0 unspecified atom stereocenters. The van der Waals surface area contributed by atoms with E-state index in [2.05, 4.69) is 170 Å². The lowest BCUT2D eigenvalue weighted by molar-refractivity contribution is 1.12. The summed E-state index contributed by atoms with van der Waals surface area (Å²) in [6.45, 7) is 4.38. The summed E-state index contributed by atoms with van der Waals surface area (Å²) in [5, 5.41) is 0. The highest BCUT2D eigenvalue weighted by molar-refractivity contribution is 5.84. The largest absolute Gasteiger partial charge is 0.310 e. The zero-order valence-electron chi connectivity index (χ0n) is 23.1. The summed E-state index contributed by atoms with van der Waals surface area (Å²) >= 11 is 0. The van der Waals surface area contributed by atoms with Crippen molar-refractivity contribution in [3.63, 3.8) is 0 Å². The average Bonchev–Trinajstić information content (AvgIpc) is 3.03. The fourth-order valence-electron chi connectivity index (χ4n) is 5.48. The van der Waals surface area contributed by atoms with Crippen LogP contribution in [-0.2, 0) is 6.42 Å². The van der Waals surface area contributed by atoms with E-state index in [1.165, 1.54) is 50.2 Å². The van der Waals surface area contributed by atoms with Gasteiger partial charge in [-0.05, 0) is 88.7 Å². The molecule has 0 heterocycles. The molecule has 0 saturated carbocycles. The van der Waals surface area contributed by atoms with E-state index in [0.717, 1.165) is 17.8 Å². The number of aryl methyl sites for hydroxylation is 1. The topological polar surface area (TPSA) is 3.24 Å². The lowest BCUT2D eigenvalue weighted by Crippen LogP contribution is -2.12. The van der Waals surface area contributed by atoms with Crippen LogP contribution in [0.4, 0.5) is 17.1 Å². The van der Waals surface area contributed by atoms with Gasteiger partial charge in [-0.25, -0.2) is 0 Å². The van der Waals surface area contributed by atoms with Crippen molar-refractivity contribution in [1.82, 2.24) is 0 Å². The number of hydrogen-bond donors (Lipinski definition) is 0. The number of hydrogen-bond acceptors (Lipinski definition) is 1. The Bertz CT molecular complexity index is 1700. The summed E-state index contributed by atoms with van der Waals surface area (Å²) in [5.74, 6) is 0. The Hall–Kier alpha value is -4.88. The van der Waals surface area contributed by atoms with Crippen LogP contribution in [0, 0.1) is 6.92 Å². The second-order valence-electron chi connectivity index (χ2n) is 10.2. The maximum Gasteiger partial charge on any atom is 0.0499 e. The normalized spacial score (nSPS) is 10.8. The summed E-state index contributed by atoms with van der Waals surface area (Å²) < 4.78 is 0. The first-order valence-corrected chi connectivity index (χ1v) is 14.0. The molecule has 6 aromatic carbocycles. The third kappa shape index (κ3) is 5.19. The standard InChI is InChI=1S/C39H33N/c1-3-37-38(32-12-6-4-7-13-32)18-11-19-39(37)40(35-16-8-5-9-17-35)36-26-24-31(25-27-36)34-15-10-14-33(28-34)30-22-20-29(2)21-23-30/h4-28H,3H2,1-2H3. The predicted molar refractivity (Wildman–Crippen MR) is 172 cm³/mol. The number of nitrogens with zero attached hydrogens (tertiary/aromatic N) is 1.